The van der Waals surface area contributed by atoms with Gasteiger partial charge in [0.2, 0.25) is 5.88 Å². The zero-order valence-electron chi connectivity index (χ0n) is 10.1. The monoisotopic (exact) mass is 268 g/mol. The van der Waals surface area contributed by atoms with Crippen molar-refractivity contribution in [1.82, 2.24) is 19.7 Å². The first-order valence-electron chi connectivity index (χ1n) is 5.45. The smallest absolute Gasteiger partial charge is 0.224 e. The predicted octanol–water partition coefficient (Wildman–Crippen LogP) is 2.19. The molecule has 0 fully saturated rings. The summed E-state index contributed by atoms with van der Waals surface area (Å²) in [6.45, 7) is 2.80. The lowest BCUT2D eigenvalue weighted by Gasteiger charge is -2.05. The van der Waals surface area contributed by atoms with Gasteiger partial charge in [0.05, 0.1) is 12.4 Å². The van der Waals surface area contributed by atoms with Crippen molar-refractivity contribution in [2.75, 3.05) is 6.61 Å². The molecule has 0 aliphatic rings. The minimum atomic E-state index is 0.306. The number of hydrogen-bond acceptors (Lipinski definition) is 5. The SMILES string of the molecule is CCOCc1nc(Cl)cc(Oc2cnn(C)c2)n1. The van der Waals surface area contributed by atoms with E-state index in [1.54, 1.807) is 30.2 Å². The Bertz CT molecular complexity index is 530. The van der Waals surface area contributed by atoms with E-state index in [2.05, 4.69) is 15.1 Å². The molecule has 0 aliphatic carbocycles. The van der Waals surface area contributed by atoms with Crippen LogP contribution in [0.1, 0.15) is 12.7 Å². The highest BCUT2D eigenvalue weighted by molar-refractivity contribution is 6.29. The largest absolute Gasteiger partial charge is 0.436 e. The zero-order valence-corrected chi connectivity index (χ0v) is 10.9. The van der Waals surface area contributed by atoms with Crippen LogP contribution in [0.15, 0.2) is 18.5 Å². The van der Waals surface area contributed by atoms with Crippen molar-refractivity contribution in [2.24, 2.45) is 7.05 Å². The summed E-state index contributed by atoms with van der Waals surface area (Å²) >= 11 is 5.89. The molecule has 0 aliphatic heterocycles. The maximum absolute atomic E-state index is 5.89. The molecule has 0 saturated carbocycles. The maximum atomic E-state index is 5.89. The van der Waals surface area contributed by atoms with Crippen LogP contribution in [0.5, 0.6) is 11.6 Å². The van der Waals surface area contributed by atoms with Crippen LogP contribution in [0.4, 0.5) is 0 Å². The van der Waals surface area contributed by atoms with Gasteiger partial charge in [-0.1, -0.05) is 11.6 Å². The minimum absolute atomic E-state index is 0.306. The van der Waals surface area contributed by atoms with Crippen LogP contribution in [-0.4, -0.2) is 26.4 Å². The summed E-state index contributed by atoms with van der Waals surface area (Å²) < 4.78 is 12.4. The molecule has 0 unspecified atom stereocenters. The van der Waals surface area contributed by atoms with Crippen LogP contribution in [0.3, 0.4) is 0 Å². The van der Waals surface area contributed by atoms with E-state index in [1.807, 2.05) is 6.92 Å². The van der Waals surface area contributed by atoms with Gasteiger partial charge in [0.15, 0.2) is 11.6 Å². The van der Waals surface area contributed by atoms with E-state index in [1.165, 1.54) is 0 Å². The van der Waals surface area contributed by atoms with E-state index in [0.29, 0.717) is 35.8 Å². The third kappa shape index (κ3) is 3.41. The van der Waals surface area contributed by atoms with E-state index in [-0.39, 0.29) is 0 Å². The van der Waals surface area contributed by atoms with E-state index < -0.39 is 0 Å². The van der Waals surface area contributed by atoms with Crippen molar-refractivity contribution < 1.29 is 9.47 Å². The van der Waals surface area contributed by atoms with Gasteiger partial charge in [-0.15, -0.1) is 0 Å². The molecular formula is C11H13ClN4O2. The van der Waals surface area contributed by atoms with Crippen LogP contribution in [-0.2, 0) is 18.4 Å². The molecule has 6 nitrogen and oxygen atoms in total. The van der Waals surface area contributed by atoms with Crippen LogP contribution in [0, 0.1) is 0 Å². The number of nitrogens with zero attached hydrogens (tertiary/aromatic N) is 4. The fraction of sp³-hybridized carbons (Fsp3) is 0.364. The third-order valence-electron chi connectivity index (χ3n) is 2.06. The lowest BCUT2D eigenvalue weighted by Crippen LogP contribution is -2.00. The summed E-state index contributed by atoms with van der Waals surface area (Å²) in [4.78, 5) is 8.24. The van der Waals surface area contributed by atoms with Crippen molar-refractivity contribution in [3.63, 3.8) is 0 Å². The Morgan fingerprint density at radius 1 is 1.39 bits per heavy atom. The van der Waals surface area contributed by atoms with Gasteiger partial charge in [0, 0.05) is 19.7 Å². The van der Waals surface area contributed by atoms with E-state index in [0.717, 1.165) is 0 Å². The maximum Gasteiger partial charge on any atom is 0.224 e. The molecule has 2 aromatic heterocycles. The Hall–Kier alpha value is -1.66. The second-order valence-corrected chi connectivity index (χ2v) is 3.92. The zero-order chi connectivity index (χ0) is 13.0. The van der Waals surface area contributed by atoms with Crippen LogP contribution in [0.25, 0.3) is 0 Å². The number of hydrogen-bond donors (Lipinski definition) is 0. The molecule has 0 spiro atoms. The summed E-state index contributed by atoms with van der Waals surface area (Å²) in [5.74, 6) is 1.45. The Balaban J connectivity index is 2.14. The predicted molar refractivity (Wildman–Crippen MR) is 65.7 cm³/mol. The van der Waals surface area contributed by atoms with Gasteiger partial charge in [0.25, 0.3) is 0 Å². The first kappa shape index (κ1) is 12.8. The van der Waals surface area contributed by atoms with Crippen molar-refractivity contribution in [3.05, 3.63) is 29.4 Å². The summed E-state index contributed by atoms with van der Waals surface area (Å²) in [5, 5.41) is 4.32. The van der Waals surface area contributed by atoms with Crippen LogP contribution < -0.4 is 4.74 Å². The standard InChI is InChI=1S/C11H13ClN4O2/c1-3-17-7-10-14-9(12)4-11(15-10)18-8-5-13-16(2)6-8/h4-6H,3,7H2,1-2H3. The number of ether oxygens (including phenoxy) is 2. The van der Waals surface area contributed by atoms with Crippen molar-refractivity contribution in [3.8, 4) is 11.6 Å². The lowest BCUT2D eigenvalue weighted by atomic mass is 10.5. The number of aryl methyl sites for hydroxylation is 1. The number of aromatic nitrogens is 4. The van der Waals surface area contributed by atoms with Gasteiger partial charge < -0.3 is 9.47 Å². The number of halogens is 1. The van der Waals surface area contributed by atoms with Gasteiger partial charge in [-0.2, -0.15) is 10.1 Å². The topological polar surface area (TPSA) is 62.1 Å². The van der Waals surface area contributed by atoms with E-state index in [9.17, 15) is 0 Å². The second kappa shape index (κ2) is 5.79. The normalized spacial score (nSPS) is 10.6. The summed E-state index contributed by atoms with van der Waals surface area (Å²) in [7, 11) is 1.81. The first-order valence-corrected chi connectivity index (χ1v) is 5.83. The minimum Gasteiger partial charge on any atom is -0.436 e. The Labute approximate surface area is 110 Å². The average Bonchev–Trinajstić information content (AvgIpc) is 2.71. The summed E-state index contributed by atoms with van der Waals surface area (Å²) in [6.07, 6.45) is 3.33. The fourth-order valence-electron chi connectivity index (χ4n) is 1.32. The Kier molecular flexibility index (Phi) is 4.11. The summed E-state index contributed by atoms with van der Waals surface area (Å²) in [5.41, 5.74) is 0. The molecule has 0 amide bonds. The molecule has 0 saturated heterocycles. The molecule has 7 heteroatoms. The van der Waals surface area contributed by atoms with Crippen LogP contribution in [0.2, 0.25) is 5.15 Å². The Morgan fingerprint density at radius 2 is 2.22 bits per heavy atom. The highest BCUT2D eigenvalue weighted by atomic mass is 35.5. The van der Waals surface area contributed by atoms with Gasteiger partial charge in [0.1, 0.15) is 11.8 Å². The van der Waals surface area contributed by atoms with E-state index >= 15 is 0 Å². The molecule has 2 aromatic rings. The highest BCUT2D eigenvalue weighted by Gasteiger charge is 2.06. The average molecular weight is 269 g/mol. The van der Waals surface area contributed by atoms with E-state index in [4.69, 9.17) is 21.1 Å². The number of rotatable bonds is 5. The van der Waals surface area contributed by atoms with Crippen molar-refractivity contribution >= 4 is 11.6 Å². The van der Waals surface area contributed by atoms with Crippen molar-refractivity contribution in [1.29, 1.82) is 0 Å². The highest BCUT2D eigenvalue weighted by Crippen LogP contribution is 2.21. The Morgan fingerprint density at radius 3 is 2.89 bits per heavy atom. The molecule has 0 atom stereocenters. The molecule has 0 aromatic carbocycles. The van der Waals surface area contributed by atoms with Crippen molar-refractivity contribution in [2.45, 2.75) is 13.5 Å². The lowest BCUT2D eigenvalue weighted by molar-refractivity contribution is 0.128. The van der Waals surface area contributed by atoms with Gasteiger partial charge in [-0.25, -0.2) is 4.98 Å². The van der Waals surface area contributed by atoms with Crippen LogP contribution >= 0.6 is 11.6 Å². The first-order chi connectivity index (χ1) is 8.67. The van der Waals surface area contributed by atoms with Gasteiger partial charge >= 0.3 is 0 Å². The molecule has 18 heavy (non-hydrogen) atoms. The fourth-order valence-corrected chi connectivity index (χ4v) is 1.52. The molecule has 0 radical (unpaired) electrons. The molecule has 2 heterocycles. The van der Waals surface area contributed by atoms with Gasteiger partial charge in [-0.3, -0.25) is 4.68 Å². The third-order valence-corrected chi connectivity index (χ3v) is 2.25. The molecule has 2 rings (SSSR count). The molecule has 0 bridgehead atoms. The summed E-state index contributed by atoms with van der Waals surface area (Å²) in [6, 6.07) is 1.55. The second-order valence-electron chi connectivity index (χ2n) is 3.53. The van der Waals surface area contributed by atoms with Gasteiger partial charge in [-0.05, 0) is 6.92 Å². The molecule has 96 valence electrons. The molecule has 0 N–H and O–H groups in total. The molecular weight excluding hydrogens is 256 g/mol. The quantitative estimate of drug-likeness (QED) is 0.778.